The van der Waals surface area contributed by atoms with E-state index in [1.54, 1.807) is 49.8 Å². The zero-order valence-electron chi connectivity index (χ0n) is 89.8. The Balaban J connectivity index is 0. The highest BCUT2D eigenvalue weighted by atomic mass is 32.2. The largest absolute Gasteiger partial charge is 0.748 e. The van der Waals surface area contributed by atoms with Crippen molar-refractivity contribution in [1.82, 2.24) is 90.3 Å². The standard InChI is InChI=1S/C19H27N3O2.3C13H22N2O2.C9H21NO3S.2C8H11N.C8H19N.C7H12N2.C6H11N3.C5H12N2O/c1-2-3-12-24-16-19(23)15-22(13-17-8-4-6-10-20-17)14-18-9-5-7-11-21-18;1-2-3-8-17-11-13(16)10-15-9-12-4-6-14-7-5-12;1-2-3-8-17-11-13(16)10-14-9-12-6-4-5-7-15-12;1-2-3-7-17-11-13(16)10-15-9-12-5-4-6-14-8-12;1-4-5-7-10(2,3)8-6-9-14(11,12)13;1-2-5-8-6-3-4-7-9-8;1-2-3-8-4-6-9-7-5-8;1-4-7-8-9(5-2)6-3;1-2-3-5-9-6-4-8-7-9;1-2-3-4-9-6-7-5-8-9;1-2-3-4-7-5(6)8/h4-11,19,23H,2-3,12-16H2,1H3;4-7,13,15-16H,2-3,8-11H2,1H3;4-7,13-14,16H,2-3,8-11H2,1H3;4-6,8,13,15-16H,2-3,7,9-11H2,1H3;4-9H2,1-3H3;3-4,6-7H,2,5H2,1H3;4-7H,2-3H2,1H3;4-8H2,1-3H3;4,6-7H,2-3,5H2,1H3;5-6H,2-4H2,1H3;2-4H2,1H3,(H3,6,7,8). The van der Waals surface area contributed by atoms with Crippen molar-refractivity contribution >= 4 is 16.1 Å². The first-order chi connectivity index (χ1) is 68.9. The van der Waals surface area contributed by atoms with Gasteiger partial charge < -0.3 is 84.9 Å². The van der Waals surface area contributed by atoms with Crippen LogP contribution >= 0.6 is 0 Å². The Kier molecular flexibility index (Phi) is 94.5. The first-order valence-corrected chi connectivity index (χ1v) is 53.9. The van der Waals surface area contributed by atoms with Crippen LogP contribution in [0.15, 0.2) is 203 Å². The Hall–Kier alpha value is -8.98. The van der Waals surface area contributed by atoms with Crippen LogP contribution in [0.2, 0.25) is 0 Å². The molecule has 0 fully saturated rings. The second-order valence-corrected chi connectivity index (χ2v) is 36.3. The minimum Gasteiger partial charge on any atom is -0.748 e. The summed E-state index contributed by atoms with van der Waals surface area (Å²) in [4.78, 5) is 51.4. The smallest absolute Gasteiger partial charge is 0.312 e. The fraction of sp³-hybridized carbons (Fsp3) is 0.624. The summed E-state index contributed by atoms with van der Waals surface area (Å²) < 4.78 is 57.4. The number of imidazole rings is 1. The van der Waals surface area contributed by atoms with E-state index in [4.69, 9.17) is 24.7 Å². The molecule has 0 saturated carbocycles. The van der Waals surface area contributed by atoms with Gasteiger partial charge >= 0.3 is 6.03 Å². The molecule has 9 aromatic heterocycles. The number of carbonyl (C=O) groups is 1. The number of aliphatic hydroxyl groups excluding tert-OH is 4. The Morgan fingerprint density at radius 1 is 0.430 bits per heavy atom. The number of pyridine rings is 7. The number of nitrogens with zero attached hydrogens (tertiary/aromatic N) is 15. The molecular weight excluding hydrogens is 1810 g/mol. The van der Waals surface area contributed by atoms with E-state index in [2.05, 4.69) is 208 Å². The maximum Gasteiger partial charge on any atom is 0.312 e. The summed E-state index contributed by atoms with van der Waals surface area (Å²) in [6, 6.07) is 35.1. The summed E-state index contributed by atoms with van der Waals surface area (Å²) in [5.41, 5.74) is 12.6. The summed E-state index contributed by atoms with van der Waals surface area (Å²) in [5, 5.41) is 55.1. The van der Waals surface area contributed by atoms with Crippen molar-refractivity contribution in [1.29, 1.82) is 0 Å². The predicted molar refractivity (Wildman–Crippen MR) is 577 cm³/mol. The molecule has 0 bridgehead atoms. The molecule has 4 unspecified atom stereocenters. The monoisotopic (exact) mass is 2000 g/mol. The van der Waals surface area contributed by atoms with Gasteiger partial charge in [0, 0.05) is 197 Å². The highest BCUT2D eigenvalue weighted by Crippen LogP contribution is 2.11. The first kappa shape index (κ1) is 135. The number of aromatic nitrogens is 12. The number of aryl methyl sites for hydroxylation is 4. The molecule has 2 amide bonds. The number of rotatable bonds is 63. The molecule has 10 N–H and O–H groups in total. The van der Waals surface area contributed by atoms with Crippen molar-refractivity contribution in [3.63, 3.8) is 0 Å². The maximum atomic E-state index is 10.4. The summed E-state index contributed by atoms with van der Waals surface area (Å²) in [6.07, 6.45) is 50.8. The molecule has 9 aromatic rings. The Labute approximate surface area is 857 Å². The topological polar surface area (TPSA) is 411 Å². The molecule has 0 aliphatic carbocycles. The van der Waals surface area contributed by atoms with Gasteiger partial charge in [0.05, 0.1) is 112 Å². The lowest BCUT2D eigenvalue weighted by Gasteiger charge is -2.29. The van der Waals surface area contributed by atoms with Crippen molar-refractivity contribution in [2.45, 2.75) is 308 Å². The van der Waals surface area contributed by atoms with Crippen LogP contribution in [0.1, 0.15) is 264 Å². The minimum atomic E-state index is -4.03. The molecule has 142 heavy (non-hydrogen) atoms. The molecular formula is C109H190N20O12S. The third-order valence-corrected chi connectivity index (χ3v) is 21.5. The van der Waals surface area contributed by atoms with E-state index in [0.717, 1.165) is 170 Å². The zero-order valence-corrected chi connectivity index (χ0v) is 90.6. The Morgan fingerprint density at radius 2 is 0.873 bits per heavy atom. The lowest BCUT2D eigenvalue weighted by molar-refractivity contribution is -0.890. The van der Waals surface area contributed by atoms with Crippen molar-refractivity contribution in [2.75, 3.05) is 138 Å². The average Bonchev–Trinajstić information content (AvgIpc) is 1.33. The number of amides is 2. The van der Waals surface area contributed by atoms with Gasteiger partial charge in [0.15, 0.2) is 0 Å². The van der Waals surface area contributed by atoms with Crippen molar-refractivity contribution in [3.8, 4) is 0 Å². The summed E-state index contributed by atoms with van der Waals surface area (Å²) >= 11 is 0. The average molecular weight is 2000 g/mol. The first-order valence-electron chi connectivity index (χ1n) is 52.3. The van der Waals surface area contributed by atoms with Gasteiger partial charge in [-0.2, -0.15) is 5.10 Å². The van der Waals surface area contributed by atoms with Crippen LogP contribution in [-0.4, -0.2) is 275 Å². The highest BCUT2D eigenvalue weighted by molar-refractivity contribution is 7.85. The van der Waals surface area contributed by atoms with Gasteiger partial charge in [-0.1, -0.05) is 191 Å². The molecule has 0 radical (unpaired) electrons. The van der Waals surface area contributed by atoms with E-state index in [0.29, 0.717) is 91.8 Å². The molecule has 32 nitrogen and oxygen atoms in total. The van der Waals surface area contributed by atoms with Crippen LogP contribution in [0.25, 0.3) is 0 Å². The number of quaternary nitrogens is 1. The van der Waals surface area contributed by atoms with Gasteiger partial charge in [0.2, 0.25) is 0 Å². The molecule has 4 atom stereocenters. The van der Waals surface area contributed by atoms with E-state index < -0.39 is 40.6 Å². The maximum absolute atomic E-state index is 10.4. The molecule has 804 valence electrons. The molecule has 9 heterocycles. The van der Waals surface area contributed by atoms with Crippen molar-refractivity contribution in [2.24, 2.45) is 5.73 Å². The summed E-state index contributed by atoms with van der Waals surface area (Å²) in [6.45, 7) is 46.4. The van der Waals surface area contributed by atoms with Crippen molar-refractivity contribution in [3.05, 3.63) is 242 Å². The lowest BCUT2D eigenvalue weighted by Crippen LogP contribution is -2.41. The van der Waals surface area contributed by atoms with Crippen LogP contribution in [0, 0.1) is 0 Å². The number of aliphatic hydroxyl groups is 4. The number of hydrogen-bond donors (Lipinski definition) is 9. The van der Waals surface area contributed by atoms with Crippen LogP contribution in [0.5, 0.6) is 0 Å². The number of ether oxygens (including phenoxy) is 4. The minimum absolute atomic E-state index is 0.235. The molecule has 0 spiro atoms. The van der Waals surface area contributed by atoms with Gasteiger partial charge in [0.1, 0.15) is 12.7 Å². The third kappa shape index (κ3) is 92.2. The predicted octanol–water partition coefficient (Wildman–Crippen LogP) is 16.9. The van der Waals surface area contributed by atoms with E-state index in [1.165, 1.54) is 94.2 Å². The van der Waals surface area contributed by atoms with Crippen LogP contribution < -0.4 is 27.0 Å². The molecule has 0 aromatic carbocycles. The number of urea groups is 1. The van der Waals surface area contributed by atoms with E-state index >= 15 is 0 Å². The van der Waals surface area contributed by atoms with E-state index in [1.807, 2.05) is 139 Å². The SMILES string of the molecule is CCCCN(CC)CC.CCCCNC(N)=O.CCCCOCC(O)CN(Cc1ccccn1)Cc1ccccn1.CCCCOCC(O)CNCc1ccccn1.CCCCOCC(O)CNCc1cccnc1.CCCCOCC(O)CNCc1ccncc1.CCCC[N+](C)(C)CCCS(=O)(=O)[O-].CCCCn1ccnc1.CCCCn1cncn1.CCCc1ccccn1.CCCc1ccncc1. The Morgan fingerprint density at radius 3 is 1.28 bits per heavy atom. The molecule has 0 aliphatic rings. The van der Waals surface area contributed by atoms with E-state index in [-0.39, 0.29) is 5.75 Å². The second kappa shape index (κ2) is 99.4. The third-order valence-electron chi connectivity index (χ3n) is 20.7. The lowest BCUT2D eigenvalue weighted by atomic mass is 10.2. The fourth-order valence-electron chi connectivity index (χ4n) is 12.4. The van der Waals surface area contributed by atoms with Crippen LogP contribution in [0.3, 0.4) is 0 Å². The van der Waals surface area contributed by atoms with E-state index in [9.17, 15) is 38.2 Å². The van der Waals surface area contributed by atoms with Gasteiger partial charge in [-0.15, -0.1) is 0 Å². The number of primary amides is 1. The van der Waals surface area contributed by atoms with Gasteiger partial charge in [0.25, 0.3) is 0 Å². The number of hydrogen-bond acceptors (Lipinski definition) is 27. The normalized spacial score (nSPS) is 11.5. The number of nitrogens with one attached hydrogen (secondary N) is 4. The summed E-state index contributed by atoms with van der Waals surface area (Å²) in [7, 11) is 0.0981. The van der Waals surface area contributed by atoms with Gasteiger partial charge in [-0.25, -0.2) is 23.2 Å². The highest BCUT2D eigenvalue weighted by Gasteiger charge is 2.17. The summed E-state index contributed by atoms with van der Waals surface area (Å²) in [5.74, 6) is -0.235. The van der Waals surface area contributed by atoms with Crippen LogP contribution in [-0.2, 0) is 87.7 Å². The van der Waals surface area contributed by atoms with Gasteiger partial charge in [-0.3, -0.25) is 44.5 Å². The van der Waals surface area contributed by atoms with Crippen LogP contribution in [0.4, 0.5) is 4.79 Å². The molecule has 0 saturated heterocycles. The number of carbonyl (C=O) groups excluding carboxylic acids is 1. The molecule has 0 aliphatic heterocycles. The number of nitrogens with two attached hydrogens (primary N) is 1. The molecule has 9 rings (SSSR count). The second-order valence-electron chi connectivity index (χ2n) is 34.8. The number of unbranched alkanes of at least 4 members (excludes halogenated alkanes) is 9. The molecule has 33 heteroatoms. The van der Waals surface area contributed by atoms with Gasteiger partial charge in [-0.05, 0) is 186 Å². The van der Waals surface area contributed by atoms with Crippen molar-refractivity contribution < 1.29 is 61.6 Å². The Bertz CT molecular complexity index is 3870. The quantitative estimate of drug-likeness (QED) is 0.00971. The zero-order chi connectivity index (χ0) is 105. The fourth-order valence-corrected chi connectivity index (χ4v) is 12.9.